The van der Waals surface area contributed by atoms with Gasteiger partial charge < -0.3 is 4.57 Å². The molecule has 0 saturated carbocycles. The quantitative estimate of drug-likeness (QED) is 0.648. The van der Waals surface area contributed by atoms with Gasteiger partial charge in [0.1, 0.15) is 0 Å². The van der Waals surface area contributed by atoms with Gasteiger partial charge in [0.15, 0.2) is 0 Å². The molecule has 0 bridgehead atoms. The number of para-hydroxylation sites is 2. The molecule has 1 aliphatic rings. The van der Waals surface area contributed by atoms with Crippen molar-refractivity contribution in [1.82, 2.24) is 13.9 Å². The zero-order valence-corrected chi connectivity index (χ0v) is 17.9. The van der Waals surface area contributed by atoms with Crippen molar-refractivity contribution in [2.45, 2.75) is 44.0 Å². The second-order valence-corrected chi connectivity index (χ2v) is 9.46. The summed E-state index contributed by atoms with van der Waals surface area (Å²) in [5, 5.41) is 2.88. The van der Waals surface area contributed by atoms with E-state index in [0.29, 0.717) is 24.6 Å². The molecule has 2 aromatic carbocycles. The van der Waals surface area contributed by atoms with Crippen LogP contribution in [0.3, 0.4) is 0 Å². The lowest BCUT2D eigenvalue weighted by molar-refractivity contribution is 0.102. The van der Waals surface area contributed by atoms with Gasteiger partial charge in [-0.15, -0.1) is 0 Å². The molecule has 1 aliphatic heterocycles. The highest BCUT2D eigenvalue weighted by molar-refractivity contribution is 7.89. The lowest BCUT2D eigenvalue weighted by Crippen LogP contribution is -2.35. The van der Waals surface area contributed by atoms with E-state index >= 15 is 0 Å². The summed E-state index contributed by atoms with van der Waals surface area (Å²) in [6, 6.07) is 13.9. The fraction of sp³-hybridized carbons (Fsp3) is 0.364. The molecule has 7 nitrogen and oxygen atoms in total. The predicted octanol–water partition coefficient (Wildman–Crippen LogP) is 3.87. The number of imidazole rings is 1. The molecule has 3 aromatic rings. The third kappa shape index (κ3) is 3.97. The minimum Gasteiger partial charge on any atom is -0.310 e. The van der Waals surface area contributed by atoms with Crippen LogP contribution in [0.2, 0.25) is 0 Å². The lowest BCUT2D eigenvalue weighted by Gasteiger charge is -2.25. The van der Waals surface area contributed by atoms with Gasteiger partial charge in [-0.05, 0) is 55.7 Å². The fourth-order valence-electron chi connectivity index (χ4n) is 3.83. The molecule has 1 aromatic heterocycles. The molecule has 8 heteroatoms. The van der Waals surface area contributed by atoms with Crippen LogP contribution in [0.25, 0.3) is 11.0 Å². The average molecular weight is 427 g/mol. The van der Waals surface area contributed by atoms with E-state index in [1.165, 1.54) is 16.4 Å². The first-order chi connectivity index (χ1) is 14.5. The van der Waals surface area contributed by atoms with Crippen molar-refractivity contribution < 1.29 is 13.2 Å². The van der Waals surface area contributed by atoms with Crippen LogP contribution in [0, 0.1) is 0 Å². The second kappa shape index (κ2) is 8.57. The number of carbonyl (C=O) groups excluding carboxylic acids is 1. The van der Waals surface area contributed by atoms with Crippen LogP contribution in [-0.2, 0) is 16.6 Å². The Morgan fingerprint density at radius 3 is 2.43 bits per heavy atom. The molecule has 1 fully saturated rings. The number of hydrogen-bond donors (Lipinski definition) is 1. The van der Waals surface area contributed by atoms with Crippen molar-refractivity contribution in [2.75, 3.05) is 18.4 Å². The maximum Gasteiger partial charge on any atom is 0.257 e. The Bertz CT molecular complexity index is 1150. The minimum absolute atomic E-state index is 0.221. The first kappa shape index (κ1) is 20.6. The van der Waals surface area contributed by atoms with Gasteiger partial charge in [-0.1, -0.05) is 25.5 Å². The third-order valence-corrected chi connectivity index (χ3v) is 7.31. The van der Waals surface area contributed by atoms with Crippen molar-refractivity contribution in [3.05, 3.63) is 54.1 Å². The molecular formula is C22H26N4O3S. The fourth-order valence-corrected chi connectivity index (χ4v) is 5.34. The first-order valence-electron chi connectivity index (χ1n) is 10.4. The Hall–Kier alpha value is -2.71. The molecule has 0 atom stereocenters. The Morgan fingerprint density at radius 2 is 1.73 bits per heavy atom. The van der Waals surface area contributed by atoms with Crippen molar-refractivity contribution in [3.63, 3.8) is 0 Å². The Morgan fingerprint density at radius 1 is 1.03 bits per heavy atom. The number of aryl methyl sites for hydroxylation is 1. The monoisotopic (exact) mass is 426 g/mol. The van der Waals surface area contributed by atoms with Crippen molar-refractivity contribution in [2.24, 2.45) is 0 Å². The minimum atomic E-state index is -3.51. The van der Waals surface area contributed by atoms with Crippen LogP contribution in [0.15, 0.2) is 53.4 Å². The number of rotatable bonds is 6. The summed E-state index contributed by atoms with van der Waals surface area (Å²) >= 11 is 0. The van der Waals surface area contributed by atoms with Gasteiger partial charge in [-0.3, -0.25) is 10.1 Å². The summed E-state index contributed by atoms with van der Waals surface area (Å²) in [7, 11) is -3.51. The van der Waals surface area contributed by atoms with E-state index < -0.39 is 10.0 Å². The smallest absolute Gasteiger partial charge is 0.257 e. The molecule has 0 spiro atoms. The number of aromatic nitrogens is 2. The Balaban J connectivity index is 1.55. The molecular weight excluding hydrogens is 400 g/mol. The first-order valence-corrected chi connectivity index (χ1v) is 11.8. The normalized spacial score (nSPS) is 15.4. The van der Waals surface area contributed by atoms with E-state index in [1.807, 2.05) is 28.8 Å². The largest absolute Gasteiger partial charge is 0.310 e. The SMILES string of the molecule is CCCn1c(NC(=O)c2ccc(S(=O)(=O)N3CCCCC3)cc2)nc2ccccc21. The topological polar surface area (TPSA) is 84.3 Å². The molecule has 30 heavy (non-hydrogen) atoms. The summed E-state index contributed by atoms with van der Waals surface area (Å²) in [4.78, 5) is 17.6. The molecule has 1 saturated heterocycles. The molecule has 1 amide bonds. The number of carbonyl (C=O) groups is 1. The number of fused-ring (bicyclic) bond motifs is 1. The molecule has 0 radical (unpaired) electrons. The van der Waals surface area contributed by atoms with Gasteiger partial charge in [-0.2, -0.15) is 4.31 Å². The van der Waals surface area contributed by atoms with Crippen LogP contribution in [0.1, 0.15) is 43.0 Å². The number of anilines is 1. The number of amides is 1. The van der Waals surface area contributed by atoms with E-state index in [4.69, 9.17) is 0 Å². The molecule has 4 rings (SSSR count). The van der Waals surface area contributed by atoms with Gasteiger partial charge in [0.05, 0.1) is 15.9 Å². The van der Waals surface area contributed by atoms with E-state index in [9.17, 15) is 13.2 Å². The summed E-state index contributed by atoms with van der Waals surface area (Å²) in [6.45, 7) is 3.92. The Labute approximate surface area is 176 Å². The number of sulfonamides is 1. The van der Waals surface area contributed by atoms with Crippen LogP contribution >= 0.6 is 0 Å². The van der Waals surface area contributed by atoms with Crippen molar-refractivity contribution in [3.8, 4) is 0 Å². The van der Waals surface area contributed by atoms with Crippen molar-refractivity contribution >= 4 is 32.9 Å². The van der Waals surface area contributed by atoms with Crippen LogP contribution in [0.4, 0.5) is 5.95 Å². The van der Waals surface area contributed by atoms with Crippen LogP contribution in [0.5, 0.6) is 0 Å². The molecule has 2 heterocycles. The van der Waals surface area contributed by atoms with Gasteiger partial charge in [-0.25, -0.2) is 13.4 Å². The van der Waals surface area contributed by atoms with E-state index in [-0.39, 0.29) is 10.8 Å². The predicted molar refractivity (Wildman–Crippen MR) is 117 cm³/mol. The van der Waals surface area contributed by atoms with Gasteiger partial charge in [0.2, 0.25) is 16.0 Å². The molecule has 158 valence electrons. The van der Waals surface area contributed by atoms with E-state index in [2.05, 4.69) is 17.2 Å². The number of nitrogens with zero attached hydrogens (tertiary/aromatic N) is 3. The highest BCUT2D eigenvalue weighted by atomic mass is 32.2. The summed E-state index contributed by atoms with van der Waals surface area (Å²) in [6.07, 6.45) is 3.75. The van der Waals surface area contributed by atoms with E-state index in [0.717, 1.165) is 43.3 Å². The van der Waals surface area contributed by atoms with Crippen LogP contribution < -0.4 is 5.32 Å². The number of hydrogen-bond acceptors (Lipinski definition) is 4. The highest BCUT2D eigenvalue weighted by Crippen LogP contribution is 2.23. The lowest BCUT2D eigenvalue weighted by atomic mass is 10.2. The van der Waals surface area contributed by atoms with Gasteiger partial charge in [0, 0.05) is 25.2 Å². The third-order valence-electron chi connectivity index (χ3n) is 5.40. The number of piperidine rings is 1. The second-order valence-electron chi connectivity index (χ2n) is 7.52. The number of benzene rings is 2. The molecule has 1 N–H and O–H groups in total. The highest BCUT2D eigenvalue weighted by Gasteiger charge is 2.26. The Kier molecular flexibility index (Phi) is 5.87. The zero-order chi connectivity index (χ0) is 21.1. The maximum atomic E-state index is 12.8. The van der Waals surface area contributed by atoms with Gasteiger partial charge in [0.25, 0.3) is 5.91 Å². The summed E-state index contributed by atoms with van der Waals surface area (Å²) < 4.78 is 29.1. The van der Waals surface area contributed by atoms with Crippen molar-refractivity contribution in [1.29, 1.82) is 0 Å². The number of nitrogens with one attached hydrogen (secondary N) is 1. The average Bonchev–Trinajstić information content (AvgIpc) is 3.12. The molecule has 0 aliphatic carbocycles. The molecule has 0 unspecified atom stereocenters. The van der Waals surface area contributed by atoms with Gasteiger partial charge >= 0.3 is 0 Å². The standard InChI is InChI=1S/C22H26N4O3S/c1-2-14-26-20-9-5-4-8-19(20)23-22(26)24-21(27)17-10-12-18(13-11-17)30(28,29)25-15-6-3-7-16-25/h4-5,8-13H,2-3,6-7,14-16H2,1H3,(H,23,24,27). The zero-order valence-electron chi connectivity index (χ0n) is 17.0. The van der Waals surface area contributed by atoms with E-state index in [1.54, 1.807) is 12.1 Å². The summed E-state index contributed by atoms with van der Waals surface area (Å²) in [5.74, 6) is 0.178. The maximum absolute atomic E-state index is 12.8. The summed E-state index contributed by atoms with van der Waals surface area (Å²) in [5.41, 5.74) is 2.18. The van der Waals surface area contributed by atoms with Crippen LogP contribution in [-0.4, -0.2) is 41.3 Å².